The molecule has 0 aliphatic heterocycles. The van der Waals surface area contributed by atoms with E-state index in [1.54, 1.807) is 36.4 Å². The molecular weight excluding hydrogens is 492 g/mol. The maximum absolute atomic E-state index is 14.4. The van der Waals surface area contributed by atoms with Gasteiger partial charge in [-0.2, -0.15) is 27.2 Å². The molecule has 0 amide bonds. The average Bonchev–Trinajstić information content (AvgIpc) is 3.28. The summed E-state index contributed by atoms with van der Waals surface area (Å²) in [5, 5.41) is 22.2. The quantitative estimate of drug-likeness (QED) is 0.414. The van der Waals surface area contributed by atoms with Crippen LogP contribution < -0.4 is 9.84 Å². The number of carbonyl (C=O) groups is 1. The molecule has 36 heavy (non-hydrogen) atoms. The topological polar surface area (TPSA) is 82.4 Å². The highest BCUT2D eigenvalue weighted by Gasteiger charge is 2.75. The Bertz CT molecular complexity index is 1190. The van der Waals surface area contributed by atoms with Gasteiger partial charge in [0, 0.05) is 5.41 Å². The Balaban J connectivity index is 1.96. The number of carboxylic acids is 1. The van der Waals surface area contributed by atoms with Crippen LogP contribution in [-0.4, -0.2) is 24.9 Å². The molecule has 3 atom stereocenters. The molecule has 3 rings (SSSR count). The first-order valence-corrected chi connectivity index (χ1v) is 10.6. The minimum atomic E-state index is -5.14. The van der Waals surface area contributed by atoms with Crippen molar-refractivity contribution in [2.45, 2.75) is 32.1 Å². The monoisotopic (exact) mass is 512 g/mol. The second-order valence-corrected chi connectivity index (χ2v) is 8.84. The predicted octanol–water partition coefficient (Wildman–Crippen LogP) is 5.50. The summed E-state index contributed by atoms with van der Waals surface area (Å²) in [6.45, 7) is 0.192. The van der Waals surface area contributed by atoms with Crippen LogP contribution in [-0.2, 0) is 9.53 Å². The minimum absolute atomic E-state index is 0.139. The Morgan fingerprint density at radius 3 is 2.28 bits per heavy atom. The largest absolute Gasteiger partial charge is 0.549 e. The van der Waals surface area contributed by atoms with Gasteiger partial charge in [0.2, 0.25) is 0 Å². The van der Waals surface area contributed by atoms with E-state index in [-0.39, 0.29) is 17.4 Å². The summed E-state index contributed by atoms with van der Waals surface area (Å²) >= 11 is 0. The van der Waals surface area contributed by atoms with Crippen molar-refractivity contribution in [2.75, 3.05) is 6.61 Å². The summed E-state index contributed by atoms with van der Waals surface area (Å²) in [7, 11) is 0. The molecule has 5 nitrogen and oxygen atoms in total. The highest BCUT2D eigenvalue weighted by atomic mass is 19.4. The van der Waals surface area contributed by atoms with E-state index < -0.39 is 53.4 Å². The number of carbonyl (C=O) groups excluding carboxylic acids is 1. The lowest BCUT2D eigenvalue weighted by molar-refractivity contribution is -0.316. The molecular formula is C25H20F6NO4-. The zero-order valence-electron chi connectivity index (χ0n) is 19.0. The molecule has 192 valence electrons. The van der Waals surface area contributed by atoms with E-state index >= 15 is 0 Å². The number of hydrogen-bond acceptors (Lipinski definition) is 5. The smallest absolute Gasteiger partial charge is 0.412 e. The first-order valence-electron chi connectivity index (χ1n) is 10.6. The fourth-order valence-corrected chi connectivity index (χ4v) is 4.54. The van der Waals surface area contributed by atoms with Gasteiger partial charge in [-0.05, 0) is 47.2 Å². The van der Waals surface area contributed by atoms with Gasteiger partial charge in [0.15, 0.2) is 5.83 Å². The lowest BCUT2D eigenvalue weighted by Crippen LogP contribution is -2.40. The van der Waals surface area contributed by atoms with Crippen molar-refractivity contribution in [2.24, 2.45) is 16.7 Å². The van der Waals surface area contributed by atoms with Gasteiger partial charge >= 0.3 is 12.3 Å². The van der Waals surface area contributed by atoms with Gasteiger partial charge in [-0.3, -0.25) is 0 Å². The van der Waals surface area contributed by atoms with E-state index in [4.69, 9.17) is 4.74 Å². The number of alkyl halides is 5. The molecule has 0 radical (unpaired) electrons. The zero-order valence-corrected chi connectivity index (χ0v) is 19.0. The molecule has 0 heterocycles. The van der Waals surface area contributed by atoms with Crippen molar-refractivity contribution < 1.29 is 45.7 Å². The van der Waals surface area contributed by atoms with Crippen molar-refractivity contribution in [1.82, 2.24) is 0 Å². The molecule has 1 aliphatic rings. The van der Waals surface area contributed by atoms with Crippen LogP contribution in [0.1, 0.15) is 25.3 Å². The van der Waals surface area contributed by atoms with Crippen LogP contribution in [0.3, 0.4) is 0 Å². The fourth-order valence-electron chi connectivity index (χ4n) is 4.54. The number of ether oxygens (including phenoxy) is 2. The van der Waals surface area contributed by atoms with E-state index in [0.29, 0.717) is 5.75 Å². The third-order valence-electron chi connectivity index (χ3n) is 6.35. The number of carboxylic acid groups (broad SMARTS) is 1. The molecule has 0 N–H and O–H groups in total. The number of halogens is 6. The highest BCUT2D eigenvalue weighted by molar-refractivity contribution is 5.82. The van der Waals surface area contributed by atoms with E-state index in [1.807, 2.05) is 6.07 Å². The molecule has 3 unspecified atom stereocenters. The Morgan fingerprint density at radius 1 is 1.11 bits per heavy atom. The Morgan fingerprint density at radius 2 is 1.72 bits per heavy atom. The SMILES string of the molecule is CC1(C)C(C=C(F)C(F)(F)OCC(F)(F)F)C1(C(=O)[O-])C(C#N)c1cccc(Oc2ccccc2)c1. The number of hydrogen-bond donors (Lipinski definition) is 0. The molecule has 2 aromatic carbocycles. The van der Waals surface area contributed by atoms with Crippen LogP contribution >= 0.6 is 0 Å². The summed E-state index contributed by atoms with van der Waals surface area (Å²) in [6, 6.07) is 16.2. The number of nitriles is 1. The second-order valence-electron chi connectivity index (χ2n) is 8.84. The molecule has 0 aromatic heterocycles. The Hall–Kier alpha value is -3.52. The number of aliphatic carboxylic acids is 1. The third-order valence-corrected chi connectivity index (χ3v) is 6.35. The van der Waals surface area contributed by atoms with E-state index in [0.717, 1.165) is 0 Å². The number of allylic oxidation sites excluding steroid dienone is 1. The molecule has 11 heteroatoms. The van der Waals surface area contributed by atoms with Crippen LogP contribution in [0.4, 0.5) is 26.3 Å². The van der Waals surface area contributed by atoms with Crippen molar-refractivity contribution in [3.63, 3.8) is 0 Å². The lowest BCUT2D eigenvalue weighted by atomic mass is 9.78. The van der Waals surface area contributed by atoms with Crippen molar-refractivity contribution in [1.29, 1.82) is 5.26 Å². The molecule has 0 saturated heterocycles. The maximum Gasteiger partial charge on any atom is 0.412 e. The van der Waals surface area contributed by atoms with Crippen molar-refractivity contribution in [3.05, 3.63) is 72.1 Å². The van der Waals surface area contributed by atoms with Crippen molar-refractivity contribution >= 4 is 5.97 Å². The summed E-state index contributed by atoms with van der Waals surface area (Å²) in [4.78, 5) is 12.3. The molecule has 2 aromatic rings. The number of para-hydroxylation sites is 1. The van der Waals surface area contributed by atoms with Crippen LogP contribution in [0, 0.1) is 28.1 Å². The zero-order chi connectivity index (χ0) is 26.9. The summed E-state index contributed by atoms with van der Waals surface area (Å²) in [5.74, 6) is -6.54. The highest BCUT2D eigenvalue weighted by Crippen LogP contribution is 2.75. The van der Waals surface area contributed by atoms with Crippen LogP contribution in [0.5, 0.6) is 11.5 Å². The van der Waals surface area contributed by atoms with Crippen LogP contribution in [0.25, 0.3) is 0 Å². The number of benzene rings is 2. The first-order chi connectivity index (χ1) is 16.7. The summed E-state index contributed by atoms with van der Waals surface area (Å²) in [5.41, 5.74) is -3.52. The van der Waals surface area contributed by atoms with Gasteiger partial charge in [0.1, 0.15) is 18.1 Å². The van der Waals surface area contributed by atoms with Gasteiger partial charge in [-0.25, -0.2) is 4.39 Å². The lowest BCUT2D eigenvalue weighted by Gasteiger charge is -2.27. The Kier molecular flexibility index (Phi) is 7.15. The maximum atomic E-state index is 14.4. The van der Waals surface area contributed by atoms with Gasteiger partial charge < -0.3 is 19.4 Å². The molecule has 1 fully saturated rings. The Labute approximate surface area is 202 Å². The van der Waals surface area contributed by atoms with E-state index in [9.17, 15) is 41.5 Å². The normalized spacial score (nSPS) is 22.4. The first kappa shape index (κ1) is 27.1. The van der Waals surface area contributed by atoms with Gasteiger partial charge in [-0.1, -0.05) is 44.2 Å². The minimum Gasteiger partial charge on any atom is -0.549 e. The second kappa shape index (κ2) is 9.50. The summed E-state index contributed by atoms with van der Waals surface area (Å²) < 4.78 is 88.0. The van der Waals surface area contributed by atoms with Gasteiger partial charge in [0.05, 0.1) is 18.0 Å². The van der Waals surface area contributed by atoms with Crippen LogP contribution in [0.15, 0.2) is 66.5 Å². The summed E-state index contributed by atoms with van der Waals surface area (Å²) in [6.07, 6.45) is -9.91. The van der Waals surface area contributed by atoms with Crippen LogP contribution in [0.2, 0.25) is 0 Å². The van der Waals surface area contributed by atoms with Crippen molar-refractivity contribution in [3.8, 4) is 17.6 Å². The number of nitrogens with zero attached hydrogens (tertiary/aromatic N) is 1. The van der Waals surface area contributed by atoms with Gasteiger partial charge in [0.25, 0.3) is 0 Å². The standard InChI is InChI=1S/C25H21F6NO4/c1-22(2)19(12-20(26)25(30,31)35-14-23(27,28)29)24(22,21(33)34)18(13-32)15-7-6-10-17(11-15)36-16-8-4-3-5-9-16/h3-12,18-19H,14H2,1-2H3,(H,33,34)/p-1. The fraction of sp³-hybridized carbons (Fsp3) is 0.360. The predicted molar refractivity (Wildman–Crippen MR) is 112 cm³/mol. The van der Waals surface area contributed by atoms with E-state index in [2.05, 4.69) is 4.74 Å². The number of rotatable bonds is 9. The molecule has 0 bridgehead atoms. The molecule has 1 aliphatic carbocycles. The average molecular weight is 512 g/mol. The van der Waals surface area contributed by atoms with E-state index in [1.165, 1.54) is 32.0 Å². The third kappa shape index (κ3) is 5.04. The molecule has 1 saturated carbocycles. The van der Waals surface area contributed by atoms with Gasteiger partial charge in [-0.15, -0.1) is 0 Å². The molecule has 0 spiro atoms.